The van der Waals surface area contributed by atoms with Crippen LogP contribution in [0.5, 0.6) is 0 Å². The number of morpholine rings is 1. The summed E-state index contributed by atoms with van der Waals surface area (Å²) in [6, 6.07) is 9.62. The molecule has 17 heavy (non-hydrogen) atoms. The predicted molar refractivity (Wildman–Crippen MR) is 66.8 cm³/mol. The van der Waals surface area contributed by atoms with Crippen molar-refractivity contribution in [2.45, 2.75) is 19.1 Å². The highest BCUT2D eigenvalue weighted by molar-refractivity contribution is 6.30. The van der Waals surface area contributed by atoms with Gasteiger partial charge in [-0.1, -0.05) is 23.7 Å². The van der Waals surface area contributed by atoms with E-state index in [9.17, 15) is 5.26 Å². The van der Waals surface area contributed by atoms with Crippen LogP contribution in [0.2, 0.25) is 5.02 Å². The van der Waals surface area contributed by atoms with Gasteiger partial charge < -0.3 is 4.74 Å². The van der Waals surface area contributed by atoms with Crippen molar-refractivity contribution in [3.05, 3.63) is 34.9 Å². The number of benzene rings is 1. The van der Waals surface area contributed by atoms with Crippen molar-refractivity contribution in [3.8, 4) is 6.07 Å². The Morgan fingerprint density at radius 1 is 1.47 bits per heavy atom. The topological polar surface area (TPSA) is 36.3 Å². The summed E-state index contributed by atoms with van der Waals surface area (Å²) in [7, 11) is 0. The number of nitrogens with zero attached hydrogens (tertiary/aromatic N) is 2. The lowest BCUT2D eigenvalue weighted by atomic mass is 10.1. The van der Waals surface area contributed by atoms with Gasteiger partial charge in [-0.2, -0.15) is 5.26 Å². The highest BCUT2D eigenvalue weighted by atomic mass is 35.5. The molecular weight excluding hydrogens is 236 g/mol. The first kappa shape index (κ1) is 12.4. The smallest absolute Gasteiger partial charge is 0.124 e. The second-order valence-electron chi connectivity index (χ2n) is 4.26. The Morgan fingerprint density at radius 3 is 2.76 bits per heavy atom. The van der Waals surface area contributed by atoms with E-state index in [1.165, 1.54) is 0 Å². The second-order valence-corrected chi connectivity index (χ2v) is 4.70. The maximum Gasteiger partial charge on any atom is 0.124 e. The summed E-state index contributed by atoms with van der Waals surface area (Å²) in [5.41, 5.74) is 0.992. The van der Waals surface area contributed by atoms with Crippen LogP contribution in [0.1, 0.15) is 18.5 Å². The molecule has 0 aliphatic carbocycles. The van der Waals surface area contributed by atoms with Gasteiger partial charge in [0.25, 0.3) is 0 Å². The van der Waals surface area contributed by atoms with Crippen molar-refractivity contribution in [1.29, 1.82) is 5.26 Å². The van der Waals surface area contributed by atoms with E-state index in [1.54, 1.807) is 0 Å². The lowest BCUT2D eigenvalue weighted by Gasteiger charge is -2.34. The van der Waals surface area contributed by atoms with Gasteiger partial charge in [-0.15, -0.1) is 0 Å². The molecule has 2 atom stereocenters. The molecule has 1 aromatic carbocycles. The van der Waals surface area contributed by atoms with Crippen molar-refractivity contribution in [1.82, 2.24) is 4.90 Å². The Hall–Kier alpha value is -1.08. The van der Waals surface area contributed by atoms with Crippen LogP contribution in [0, 0.1) is 11.3 Å². The van der Waals surface area contributed by atoms with Gasteiger partial charge in [-0.3, -0.25) is 4.90 Å². The molecule has 1 saturated heterocycles. The largest absolute Gasteiger partial charge is 0.376 e. The van der Waals surface area contributed by atoms with Gasteiger partial charge in [-0.25, -0.2) is 0 Å². The van der Waals surface area contributed by atoms with Gasteiger partial charge >= 0.3 is 0 Å². The minimum atomic E-state index is -0.210. The summed E-state index contributed by atoms with van der Waals surface area (Å²) in [5.74, 6) is 0. The van der Waals surface area contributed by atoms with E-state index >= 15 is 0 Å². The van der Waals surface area contributed by atoms with Gasteiger partial charge in [-0.05, 0) is 24.6 Å². The van der Waals surface area contributed by atoms with E-state index in [2.05, 4.69) is 11.0 Å². The van der Waals surface area contributed by atoms with Gasteiger partial charge in [0.2, 0.25) is 0 Å². The molecule has 4 heteroatoms. The summed E-state index contributed by atoms with van der Waals surface area (Å²) in [6.07, 6.45) is 0.187. The van der Waals surface area contributed by atoms with E-state index in [0.29, 0.717) is 11.6 Å². The molecule has 1 aromatic rings. The molecule has 0 spiro atoms. The number of nitriles is 1. The first-order valence-corrected chi connectivity index (χ1v) is 6.09. The van der Waals surface area contributed by atoms with Gasteiger partial charge in [0, 0.05) is 18.1 Å². The summed E-state index contributed by atoms with van der Waals surface area (Å²) < 4.78 is 5.49. The zero-order valence-corrected chi connectivity index (χ0v) is 10.5. The summed E-state index contributed by atoms with van der Waals surface area (Å²) >= 11 is 5.85. The number of rotatable bonds is 2. The monoisotopic (exact) mass is 250 g/mol. The Labute approximate surface area is 107 Å². The van der Waals surface area contributed by atoms with Crippen molar-refractivity contribution in [3.63, 3.8) is 0 Å². The molecule has 1 fully saturated rings. The molecule has 90 valence electrons. The van der Waals surface area contributed by atoms with Gasteiger partial charge in [0.05, 0.1) is 18.8 Å². The molecule has 1 heterocycles. The van der Waals surface area contributed by atoms with E-state index in [4.69, 9.17) is 16.3 Å². The van der Waals surface area contributed by atoms with E-state index in [-0.39, 0.29) is 12.1 Å². The standard InChI is InChI=1S/C13H15ClN2O/c1-10-9-16(6-7-17-10)13(8-15)11-2-4-12(14)5-3-11/h2-5,10,13H,6-7,9H2,1H3/t10-,13-/m1/s1. The number of hydrogen-bond donors (Lipinski definition) is 0. The third-order valence-electron chi connectivity index (χ3n) is 2.95. The van der Waals surface area contributed by atoms with Gasteiger partial charge in [0.1, 0.15) is 6.04 Å². The fourth-order valence-corrected chi connectivity index (χ4v) is 2.22. The van der Waals surface area contributed by atoms with Crippen LogP contribution in [-0.4, -0.2) is 30.7 Å². The molecule has 1 aliphatic rings. The van der Waals surface area contributed by atoms with E-state index in [1.807, 2.05) is 31.2 Å². The predicted octanol–water partition coefficient (Wildman–Crippen LogP) is 2.63. The Morgan fingerprint density at radius 2 is 2.18 bits per heavy atom. The number of hydrogen-bond acceptors (Lipinski definition) is 3. The molecule has 0 unspecified atom stereocenters. The zero-order valence-electron chi connectivity index (χ0n) is 9.77. The minimum Gasteiger partial charge on any atom is -0.376 e. The lowest BCUT2D eigenvalue weighted by Crippen LogP contribution is -2.42. The SMILES string of the molecule is C[C@@H]1CN([C@H](C#N)c2ccc(Cl)cc2)CCO1. The minimum absolute atomic E-state index is 0.187. The fourth-order valence-electron chi connectivity index (χ4n) is 2.09. The zero-order chi connectivity index (χ0) is 12.3. The molecule has 0 bridgehead atoms. The second kappa shape index (κ2) is 5.50. The van der Waals surface area contributed by atoms with Crippen LogP contribution in [-0.2, 0) is 4.74 Å². The maximum atomic E-state index is 9.32. The maximum absolute atomic E-state index is 9.32. The Bertz CT molecular complexity index is 412. The van der Waals surface area contributed by atoms with Crippen LogP contribution >= 0.6 is 11.6 Å². The normalized spacial score (nSPS) is 23.0. The van der Waals surface area contributed by atoms with Crippen molar-refractivity contribution in [2.24, 2.45) is 0 Å². The third kappa shape index (κ3) is 2.98. The van der Waals surface area contributed by atoms with Crippen LogP contribution < -0.4 is 0 Å². The quantitative estimate of drug-likeness (QED) is 0.810. The highest BCUT2D eigenvalue weighted by Crippen LogP contribution is 2.23. The van der Waals surface area contributed by atoms with Crippen molar-refractivity contribution in [2.75, 3.05) is 19.7 Å². The van der Waals surface area contributed by atoms with Crippen LogP contribution in [0.25, 0.3) is 0 Å². The highest BCUT2D eigenvalue weighted by Gasteiger charge is 2.25. The summed E-state index contributed by atoms with van der Waals surface area (Å²) in [6.45, 7) is 4.31. The first-order valence-electron chi connectivity index (χ1n) is 5.71. The molecule has 3 nitrogen and oxygen atoms in total. The van der Waals surface area contributed by atoms with Crippen LogP contribution in [0.15, 0.2) is 24.3 Å². The van der Waals surface area contributed by atoms with Crippen molar-refractivity contribution >= 4 is 11.6 Å². The average Bonchev–Trinajstić information content (AvgIpc) is 2.33. The molecule has 0 radical (unpaired) electrons. The summed E-state index contributed by atoms with van der Waals surface area (Å²) in [5, 5.41) is 10.0. The molecule has 0 amide bonds. The van der Waals surface area contributed by atoms with Crippen molar-refractivity contribution < 1.29 is 4.74 Å². The van der Waals surface area contributed by atoms with Gasteiger partial charge in [0.15, 0.2) is 0 Å². The molecule has 0 saturated carbocycles. The number of halogens is 1. The van der Waals surface area contributed by atoms with Crippen LogP contribution in [0.4, 0.5) is 0 Å². The molecule has 1 aliphatic heterocycles. The average molecular weight is 251 g/mol. The van der Waals surface area contributed by atoms with E-state index in [0.717, 1.165) is 18.7 Å². The molecule has 0 aromatic heterocycles. The Balaban J connectivity index is 2.16. The molecule has 0 N–H and O–H groups in total. The van der Waals surface area contributed by atoms with E-state index < -0.39 is 0 Å². The number of ether oxygens (including phenoxy) is 1. The molecule has 2 rings (SSSR count). The Kier molecular flexibility index (Phi) is 4.01. The third-order valence-corrected chi connectivity index (χ3v) is 3.20. The summed E-state index contributed by atoms with van der Waals surface area (Å²) in [4.78, 5) is 2.15. The fraction of sp³-hybridized carbons (Fsp3) is 0.462. The lowest BCUT2D eigenvalue weighted by molar-refractivity contribution is -0.0269. The molecular formula is C13H15ClN2O. The first-order chi connectivity index (χ1) is 8.20. The van der Waals surface area contributed by atoms with Crippen LogP contribution in [0.3, 0.4) is 0 Å².